The number of halogens is 2. The minimum Gasteiger partial charge on any atom is -0.487 e. The molecule has 168 valence electrons. The average Bonchev–Trinajstić information content (AvgIpc) is 3.11. The highest BCUT2D eigenvalue weighted by molar-refractivity contribution is 14.1. The molecule has 4 nitrogen and oxygen atoms in total. The van der Waals surface area contributed by atoms with Crippen LogP contribution in [0.5, 0.6) is 5.75 Å². The van der Waals surface area contributed by atoms with Crippen LogP contribution in [-0.4, -0.2) is 11.1 Å². The van der Waals surface area contributed by atoms with Gasteiger partial charge < -0.3 is 10.1 Å². The van der Waals surface area contributed by atoms with Gasteiger partial charge in [0.2, 0.25) is 0 Å². The van der Waals surface area contributed by atoms with E-state index < -0.39 is 0 Å². The minimum atomic E-state index is -0.117. The van der Waals surface area contributed by atoms with Crippen LogP contribution < -0.4 is 10.1 Å². The highest BCUT2D eigenvalue weighted by atomic mass is 127. The Hall–Kier alpha value is -1.85. The number of ether oxygens (including phenoxy) is 1. The van der Waals surface area contributed by atoms with Crippen molar-refractivity contribution in [1.82, 2.24) is 5.32 Å². The molecule has 0 aromatic heterocycles. The van der Waals surface area contributed by atoms with Crippen LogP contribution in [-0.2, 0) is 17.9 Å². The largest absolute Gasteiger partial charge is 0.487 e. The van der Waals surface area contributed by atoms with Crippen LogP contribution in [0.1, 0.15) is 27.8 Å². The summed E-state index contributed by atoms with van der Waals surface area (Å²) in [6.07, 6.45) is 1.91. The fourth-order valence-corrected chi connectivity index (χ4v) is 6.45. The zero-order chi connectivity index (χ0) is 23.4. The first-order chi connectivity index (χ1) is 15.9. The molecule has 1 heterocycles. The maximum Gasteiger partial charge on any atom is 0.264 e. The van der Waals surface area contributed by atoms with Gasteiger partial charge in [0.05, 0.1) is 18.6 Å². The van der Waals surface area contributed by atoms with Crippen molar-refractivity contribution in [3.8, 4) is 5.75 Å². The molecule has 1 aliphatic rings. The first-order valence-corrected chi connectivity index (χ1v) is 13.3. The number of carbonyl (C=O) groups excluding carboxylic acids is 1. The first kappa shape index (κ1) is 24.3. The number of hydrogen-bond acceptors (Lipinski definition) is 4. The Kier molecular flexibility index (Phi) is 8.13. The first-order valence-electron chi connectivity index (χ1n) is 10.4. The van der Waals surface area contributed by atoms with E-state index in [9.17, 15) is 4.79 Å². The molecule has 7 heteroatoms. The van der Waals surface area contributed by atoms with E-state index in [-0.39, 0.29) is 5.91 Å². The number of benzene rings is 3. The molecule has 1 fully saturated rings. The number of nitrogens with one attached hydrogen (secondary N) is 1. The second kappa shape index (κ2) is 11.1. The van der Waals surface area contributed by atoms with Crippen molar-refractivity contribution in [2.24, 2.45) is 4.99 Å². The molecule has 0 aliphatic carbocycles. The van der Waals surface area contributed by atoms with Crippen molar-refractivity contribution in [2.45, 2.75) is 27.0 Å². The van der Waals surface area contributed by atoms with E-state index in [1.54, 1.807) is 0 Å². The van der Waals surface area contributed by atoms with Gasteiger partial charge in [0.25, 0.3) is 5.91 Å². The molecule has 1 aliphatic heterocycles. The average molecular weight is 680 g/mol. The summed E-state index contributed by atoms with van der Waals surface area (Å²) in [6.45, 7) is 5.22. The fourth-order valence-electron chi connectivity index (χ4n) is 3.51. The topological polar surface area (TPSA) is 50.7 Å². The Balaban J connectivity index is 1.46. The van der Waals surface area contributed by atoms with E-state index in [2.05, 4.69) is 87.5 Å². The molecule has 0 unspecified atom stereocenters. The molecule has 1 N–H and O–H groups in total. The number of rotatable bonds is 6. The lowest BCUT2D eigenvalue weighted by atomic mass is 10.1. The van der Waals surface area contributed by atoms with Crippen molar-refractivity contribution in [2.75, 3.05) is 0 Å². The standard InChI is InChI=1S/C26H22I2N2O2S/c1-16-8-17(2)10-20(9-16)14-29-26-30-25(31)23(33-26)13-19-11-21(27)24(22(28)12-19)32-15-18-6-4-3-5-7-18/h3-13H,14-15H2,1-2H3,(H,29,30,31)/b23-13-. The molecule has 0 spiro atoms. The zero-order valence-corrected chi connectivity index (χ0v) is 23.3. The molecule has 0 bridgehead atoms. The highest BCUT2D eigenvalue weighted by Crippen LogP contribution is 2.32. The molecule has 1 amide bonds. The Morgan fingerprint density at radius 2 is 1.64 bits per heavy atom. The number of aryl methyl sites for hydroxylation is 2. The lowest BCUT2D eigenvalue weighted by Gasteiger charge is -2.11. The highest BCUT2D eigenvalue weighted by Gasteiger charge is 2.24. The van der Waals surface area contributed by atoms with Gasteiger partial charge in [-0.15, -0.1) is 0 Å². The summed E-state index contributed by atoms with van der Waals surface area (Å²) in [4.78, 5) is 17.7. The molecular formula is C26H22I2N2O2S. The maximum atomic E-state index is 12.5. The number of aliphatic imine (C=N–C) groups is 1. The van der Waals surface area contributed by atoms with Crippen molar-refractivity contribution < 1.29 is 9.53 Å². The van der Waals surface area contributed by atoms with E-state index >= 15 is 0 Å². The Labute approximate surface area is 225 Å². The third-order valence-electron chi connectivity index (χ3n) is 4.88. The van der Waals surface area contributed by atoms with Gasteiger partial charge in [0, 0.05) is 0 Å². The molecule has 0 atom stereocenters. The Morgan fingerprint density at radius 1 is 0.970 bits per heavy atom. The summed E-state index contributed by atoms with van der Waals surface area (Å²) >= 11 is 5.95. The van der Waals surface area contributed by atoms with Crippen LogP contribution >= 0.6 is 56.9 Å². The van der Waals surface area contributed by atoms with Crippen LogP contribution in [0.15, 0.2) is 70.6 Å². The van der Waals surface area contributed by atoms with Gasteiger partial charge in [-0.05, 0) is 106 Å². The van der Waals surface area contributed by atoms with Crippen LogP contribution in [0.2, 0.25) is 0 Å². The molecule has 0 radical (unpaired) electrons. The molecule has 0 saturated carbocycles. The number of nitrogens with zero attached hydrogens (tertiary/aromatic N) is 1. The predicted molar refractivity (Wildman–Crippen MR) is 153 cm³/mol. The molecular weight excluding hydrogens is 658 g/mol. The van der Waals surface area contributed by atoms with Crippen LogP contribution in [0.4, 0.5) is 0 Å². The second-order valence-electron chi connectivity index (χ2n) is 7.77. The van der Waals surface area contributed by atoms with Gasteiger partial charge in [-0.2, -0.15) is 0 Å². The van der Waals surface area contributed by atoms with Crippen molar-refractivity contribution in [3.63, 3.8) is 0 Å². The smallest absolute Gasteiger partial charge is 0.264 e. The lowest BCUT2D eigenvalue weighted by Crippen LogP contribution is -2.19. The third kappa shape index (κ3) is 6.60. The van der Waals surface area contributed by atoms with Crippen molar-refractivity contribution in [3.05, 3.63) is 101 Å². The van der Waals surface area contributed by atoms with Crippen LogP contribution in [0.3, 0.4) is 0 Å². The van der Waals surface area contributed by atoms with E-state index in [1.165, 1.54) is 22.9 Å². The maximum absolute atomic E-state index is 12.5. The van der Waals surface area contributed by atoms with E-state index in [1.807, 2.05) is 48.5 Å². The van der Waals surface area contributed by atoms with Gasteiger partial charge in [0.15, 0.2) is 5.17 Å². The van der Waals surface area contributed by atoms with E-state index in [0.717, 1.165) is 29.6 Å². The van der Waals surface area contributed by atoms with Crippen molar-refractivity contribution >= 4 is 74.1 Å². The molecule has 1 saturated heterocycles. The lowest BCUT2D eigenvalue weighted by molar-refractivity contribution is -0.115. The molecule has 3 aromatic rings. The predicted octanol–water partition coefficient (Wildman–Crippen LogP) is 6.85. The summed E-state index contributed by atoms with van der Waals surface area (Å²) in [5.41, 5.74) is 5.66. The summed E-state index contributed by atoms with van der Waals surface area (Å²) in [7, 11) is 0. The summed E-state index contributed by atoms with van der Waals surface area (Å²) < 4.78 is 8.09. The summed E-state index contributed by atoms with van der Waals surface area (Å²) in [6, 6.07) is 20.6. The van der Waals surface area contributed by atoms with Gasteiger partial charge >= 0.3 is 0 Å². The van der Waals surface area contributed by atoms with Gasteiger partial charge in [-0.1, -0.05) is 59.7 Å². The van der Waals surface area contributed by atoms with Crippen molar-refractivity contribution in [1.29, 1.82) is 0 Å². The van der Waals surface area contributed by atoms with E-state index in [0.29, 0.717) is 23.2 Å². The summed E-state index contributed by atoms with van der Waals surface area (Å²) in [5.74, 6) is 0.745. The second-order valence-corrected chi connectivity index (χ2v) is 11.1. The normalized spacial score (nSPS) is 15.8. The zero-order valence-electron chi connectivity index (χ0n) is 18.2. The van der Waals surface area contributed by atoms with Crippen LogP contribution in [0, 0.1) is 21.0 Å². The number of amidine groups is 1. The SMILES string of the molecule is Cc1cc(C)cc(CN=C2NC(=O)/C(=C/c3cc(I)c(OCc4ccccc4)c(I)c3)S2)c1. The third-order valence-corrected chi connectivity index (χ3v) is 7.43. The number of amides is 1. The molecule has 3 aromatic carbocycles. The number of thioether (sulfide) groups is 1. The molecule has 4 rings (SSSR count). The Morgan fingerprint density at radius 3 is 2.30 bits per heavy atom. The Bertz CT molecular complexity index is 1210. The quantitative estimate of drug-likeness (QED) is 0.229. The molecule has 33 heavy (non-hydrogen) atoms. The van der Waals surface area contributed by atoms with E-state index in [4.69, 9.17) is 4.74 Å². The minimum absolute atomic E-state index is 0.117. The number of carbonyl (C=O) groups is 1. The monoisotopic (exact) mass is 680 g/mol. The van der Waals surface area contributed by atoms with Gasteiger partial charge in [-0.3, -0.25) is 9.79 Å². The number of hydrogen-bond donors (Lipinski definition) is 1. The van der Waals surface area contributed by atoms with Gasteiger partial charge in [0.1, 0.15) is 12.4 Å². The fraction of sp³-hybridized carbons (Fsp3) is 0.154. The van der Waals surface area contributed by atoms with Gasteiger partial charge in [-0.25, -0.2) is 0 Å². The van der Waals surface area contributed by atoms with Crippen LogP contribution in [0.25, 0.3) is 6.08 Å². The summed E-state index contributed by atoms with van der Waals surface area (Å²) in [5, 5.41) is 3.52.